The summed E-state index contributed by atoms with van der Waals surface area (Å²) in [4.78, 5) is 32.5. The van der Waals surface area contributed by atoms with Crippen molar-refractivity contribution >= 4 is 112 Å². The number of hydrogen-bond donors (Lipinski definition) is 3. The summed E-state index contributed by atoms with van der Waals surface area (Å²) in [6, 6.07) is 14.1. The van der Waals surface area contributed by atoms with E-state index in [2.05, 4.69) is 46.5 Å². The predicted molar refractivity (Wildman–Crippen MR) is 260 cm³/mol. The molecule has 0 aliphatic carbocycles. The lowest BCUT2D eigenvalue weighted by molar-refractivity contribution is 0.101. The number of rotatable bonds is 12. The Kier molecular flexibility index (Phi) is 13.6. The van der Waals surface area contributed by atoms with Gasteiger partial charge in [0.2, 0.25) is 0 Å². The highest BCUT2D eigenvalue weighted by Crippen LogP contribution is 3.03. The van der Waals surface area contributed by atoms with Crippen LogP contribution in [0.15, 0.2) is 143 Å². The van der Waals surface area contributed by atoms with E-state index in [9.17, 15) is 72.7 Å². The normalized spacial score (nSPS) is 14.6. The molecule has 77 heavy (non-hydrogen) atoms. The van der Waals surface area contributed by atoms with E-state index < -0.39 is 63.1 Å². The Morgan fingerprint density at radius 1 is 0.429 bits per heavy atom. The van der Waals surface area contributed by atoms with E-state index >= 15 is 0 Å². The fourth-order valence-electron chi connectivity index (χ4n) is 5.60. The number of benzene rings is 3. The van der Waals surface area contributed by atoms with Gasteiger partial charge in [0.1, 0.15) is 14.7 Å². The summed E-state index contributed by atoms with van der Waals surface area (Å²) in [7, 11) is -29.3. The number of nitrogens with one attached hydrogen (secondary N) is 3. The Bertz CT molecular complexity index is 3500. The number of carbonyl (C=O) groups excluding carboxylic acids is 3. The lowest BCUT2D eigenvalue weighted by Gasteiger charge is -2.40. The number of hydrogen-bond acceptors (Lipinski definition) is 15. The van der Waals surface area contributed by atoms with Crippen LogP contribution in [-0.2, 0) is 0 Å². The van der Waals surface area contributed by atoms with Gasteiger partial charge in [0.25, 0.3) is 35.4 Å². The topological polar surface area (TPSA) is 204 Å². The predicted octanol–water partition coefficient (Wildman–Crippen LogP) is 18.1. The van der Waals surface area contributed by atoms with Crippen molar-refractivity contribution in [2.75, 3.05) is 16.0 Å². The highest BCUT2D eigenvalue weighted by molar-refractivity contribution is 8.46. The van der Waals surface area contributed by atoms with Crippen molar-refractivity contribution in [3.8, 4) is 32.3 Å². The molecule has 0 saturated heterocycles. The van der Waals surface area contributed by atoms with Crippen LogP contribution in [0.5, 0.6) is 0 Å². The number of carbonyl (C=O) groups is 3. The van der Waals surface area contributed by atoms with Gasteiger partial charge in [0, 0.05) is 21.6 Å². The third-order valence-electron chi connectivity index (χ3n) is 9.09. The van der Waals surface area contributed by atoms with E-state index in [1.807, 2.05) is 13.0 Å². The summed E-state index contributed by atoms with van der Waals surface area (Å²) >= 11 is 9.64. The van der Waals surface area contributed by atoms with Crippen molar-refractivity contribution in [2.45, 2.75) is 21.6 Å². The second-order valence-corrected chi connectivity index (χ2v) is 26.2. The quantitative estimate of drug-likeness (QED) is 0.0978. The molecule has 414 valence electrons. The van der Waals surface area contributed by atoms with Gasteiger partial charge in [-0.15, -0.1) is 49.3 Å². The number of anilines is 3. The molecule has 6 heterocycles. The molecule has 0 atom stereocenters. The number of halogens is 16. The molecule has 6 aromatic heterocycles. The van der Waals surface area contributed by atoms with Crippen molar-refractivity contribution in [1.82, 2.24) is 30.6 Å². The molecule has 15 nitrogen and oxygen atoms in total. The zero-order valence-electron chi connectivity index (χ0n) is 37.1. The van der Waals surface area contributed by atoms with Crippen molar-refractivity contribution in [3.63, 3.8) is 0 Å². The summed E-state index contributed by atoms with van der Waals surface area (Å²) in [5.41, 5.74) is -0.849. The van der Waals surface area contributed by atoms with Gasteiger partial charge in [-0.1, -0.05) is 91.2 Å². The van der Waals surface area contributed by atoms with Crippen LogP contribution in [0, 0.1) is 6.92 Å². The first-order chi connectivity index (χ1) is 35.0. The number of amides is 3. The lowest BCUT2D eigenvalue weighted by atomic mass is 10.2. The third-order valence-corrected chi connectivity index (χ3v) is 15.6. The minimum absolute atomic E-state index is 0.0773. The maximum Gasteiger partial charge on any atom is 0.322 e. The maximum absolute atomic E-state index is 12.7. The minimum Gasteiger partial charge on any atom is -0.402 e. The van der Waals surface area contributed by atoms with E-state index in [4.69, 9.17) is 24.9 Å². The molecule has 0 saturated carbocycles. The lowest BCUT2D eigenvalue weighted by Crippen LogP contribution is -2.13. The molecule has 0 bridgehead atoms. The summed E-state index contributed by atoms with van der Waals surface area (Å²) in [6.07, 6.45) is 0. The first-order valence-electron chi connectivity index (χ1n) is 19.9. The Labute approximate surface area is 436 Å². The van der Waals surface area contributed by atoms with Gasteiger partial charge in [0.05, 0.1) is 19.0 Å². The molecule has 37 heteroatoms. The summed E-state index contributed by atoms with van der Waals surface area (Å²) in [5, 5.41) is 30.2. The van der Waals surface area contributed by atoms with Crippen LogP contribution in [0.2, 0.25) is 4.34 Å². The van der Waals surface area contributed by atoms with E-state index in [0.29, 0.717) is 55.4 Å². The first kappa shape index (κ1) is 57.6. The zero-order valence-corrected chi connectivity index (χ0v) is 42.8. The van der Waals surface area contributed by atoms with Crippen LogP contribution in [0.1, 0.15) is 36.0 Å². The molecular formula is C40H25ClF15N9O6S6. The fraction of sp³-hybridized carbons (Fsp3) is 0.0250. The average molecular weight is 1240 g/mol. The van der Waals surface area contributed by atoms with Crippen molar-refractivity contribution in [1.29, 1.82) is 0 Å². The fourth-order valence-corrected chi connectivity index (χ4v) is 9.95. The smallest absolute Gasteiger partial charge is 0.322 e. The van der Waals surface area contributed by atoms with E-state index in [1.54, 1.807) is 35.7 Å². The first-order valence-corrected chi connectivity index (χ1v) is 28.6. The molecule has 0 aliphatic rings. The molecule has 0 aliphatic heterocycles. The molecule has 3 N–H and O–H groups in total. The Hall–Kier alpha value is -7.12. The van der Waals surface area contributed by atoms with Crippen molar-refractivity contribution in [3.05, 3.63) is 140 Å². The zero-order chi connectivity index (χ0) is 56.8. The van der Waals surface area contributed by atoms with Crippen molar-refractivity contribution < 1.29 is 85.9 Å². The number of nitrogens with zero attached hydrogens (tertiary/aromatic N) is 6. The Balaban J connectivity index is 0.000000168. The average Bonchev–Trinajstić information content (AvgIpc) is 4.18. The SMILES string of the molecule is Cc1ccc(-c2nnc(NC(=O)c3ccc(S(F)(F)(F)(F)F)cc3)o2)s1.O=C(Nc1nnc(-c2ccc(Cl)s2)o1)c1ccc(S(F)(F)(F)(F)F)cc1.O=C(Nc1nnc(-c2cccs2)o1)c1ccc(S(F)(F)(F)(F)F)cc1. The second kappa shape index (κ2) is 18.2. The van der Waals surface area contributed by atoms with Gasteiger partial charge in [0.15, 0.2) is 0 Å². The highest BCUT2D eigenvalue weighted by atomic mass is 35.5. The van der Waals surface area contributed by atoms with E-state index in [1.165, 1.54) is 22.7 Å². The van der Waals surface area contributed by atoms with Crippen LogP contribution in [0.4, 0.5) is 76.3 Å². The van der Waals surface area contributed by atoms with Gasteiger partial charge < -0.3 is 13.3 Å². The summed E-state index contributed by atoms with van der Waals surface area (Å²) < 4.78 is 206. The largest absolute Gasteiger partial charge is 0.402 e. The summed E-state index contributed by atoms with van der Waals surface area (Å²) in [6.45, 7) is 1.88. The molecule has 3 amide bonds. The molecule has 0 fully saturated rings. The van der Waals surface area contributed by atoms with Crippen LogP contribution in [0.25, 0.3) is 32.3 Å². The molecule has 9 aromatic rings. The van der Waals surface area contributed by atoms with E-state index in [0.717, 1.165) is 16.2 Å². The van der Waals surface area contributed by atoms with Gasteiger partial charge in [-0.05, 0) is 115 Å². The van der Waals surface area contributed by atoms with Gasteiger partial charge in [-0.3, -0.25) is 30.3 Å². The van der Waals surface area contributed by atoms with Gasteiger partial charge in [-0.2, -0.15) is 0 Å². The Morgan fingerprint density at radius 3 is 1.03 bits per heavy atom. The minimum atomic E-state index is -9.79. The standard InChI is InChI=1S/C14H10F5N3O2S2.C13H7ClF5N3O2S2.C13H8F5N3O2S2/c1-8-2-7-11(25-8)13-21-22-14(24-13)20-12(23)9-3-5-10(6-4-9)26(15,16,17,18)19;14-10-6-5-9(25-10)12-21-22-13(24-12)20-11(23)7-1-3-8(4-2-7)26(15,16,17,18)19;14-25(15,16,17,18)9-5-3-8(4-6-9)11(22)19-13-21-20-12(23-13)10-2-1-7-24-10/h2-7H,1H3,(H,20,22,23);1-6H,(H,20,22,23);1-7H,(H,19,21,22). The molecule has 3 aromatic carbocycles. The monoisotopic (exact) mass is 1240 g/mol. The molecule has 9 rings (SSSR count). The molecule has 0 spiro atoms. The summed E-state index contributed by atoms with van der Waals surface area (Å²) in [5.74, 6) is -2.27. The van der Waals surface area contributed by atoms with Crippen molar-refractivity contribution in [2.24, 2.45) is 0 Å². The second-order valence-electron chi connectivity index (χ2n) is 15.1. The molecular weight excluding hydrogens is 1220 g/mol. The molecule has 0 unspecified atom stereocenters. The van der Waals surface area contributed by atoms with Gasteiger partial charge >= 0.3 is 48.7 Å². The van der Waals surface area contributed by atoms with Crippen LogP contribution < -0.4 is 16.0 Å². The van der Waals surface area contributed by atoms with E-state index in [-0.39, 0.29) is 88.8 Å². The number of aryl methyl sites for hydroxylation is 1. The maximum atomic E-state index is 12.7. The molecule has 0 radical (unpaired) electrons. The highest BCUT2D eigenvalue weighted by Gasteiger charge is 2.67. The Morgan fingerprint density at radius 2 is 0.753 bits per heavy atom. The van der Waals surface area contributed by atoms with Crippen LogP contribution in [-0.4, -0.2) is 48.3 Å². The van der Waals surface area contributed by atoms with Gasteiger partial charge in [-0.25, -0.2) is 0 Å². The number of thiophene rings is 3. The number of aromatic nitrogens is 6. The third kappa shape index (κ3) is 15.5. The van der Waals surface area contributed by atoms with Crippen LogP contribution in [0.3, 0.4) is 0 Å². The van der Waals surface area contributed by atoms with Crippen LogP contribution >= 0.6 is 76.3 Å².